The summed E-state index contributed by atoms with van der Waals surface area (Å²) < 4.78 is 6.99. The number of ether oxygens (including phenoxy) is 1. The van der Waals surface area contributed by atoms with Gasteiger partial charge in [0.2, 0.25) is 0 Å². The van der Waals surface area contributed by atoms with Crippen LogP contribution in [0.5, 0.6) is 5.75 Å². The number of hydrogen-bond donors (Lipinski definition) is 0. The summed E-state index contributed by atoms with van der Waals surface area (Å²) >= 11 is 1.32. The van der Waals surface area contributed by atoms with Crippen LogP contribution in [0, 0.1) is 6.92 Å². The molecular weight excluding hydrogens is 362 g/mol. The van der Waals surface area contributed by atoms with Crippen LogP contribution >= 0.6 is 11.3 Å². The highest BCUT2D eigenvalue weighted by Crippen LogP contribution is 2.29. The number of nitrogens with zero attached hydrogens (tertiary/aromatic N) is 3. The SMILES string of the molecule is COc1cccc(CN(C)C(=O)c2sc3nc4n(c(=O)c3c2C)CCC4)c1. The number of methoxy groups -OCH3 is 1. The molecule has 0 saturated carbocycles. The molecule has 0 aliphatic carbocycles. The predicted octanol–water partition coefficient (Wildman–Crippen LogP) is 2.99. The molecule has 0 fully saturated rings. The highest BCUT2D eigenvalue weighted by Gasteiger charge is 2.24. The first kappa shape index (κ1) is 17.7. The summed E-state index contributed by atoms with van der Waals surface area (Å²) in [5.74, 6) is 1.50. The number of aromatic nitrogens is 2. The molecule has 0 radical (unpaired) electrons. The van der Waals surface area contributed by atoms with E-state index in [1.54, 1.807) is 23.6 Å². The summed E-state index contributed by atoms with van der Waals surface area (Å²) in [6.45, 7) is 3.02. The molecule has 0 unspecified atom stereocenters. The van der Waals surface area contributed by atoms with Crippen molar-refractivity contribution in [3.05, 3.63) is 56.4 Å². The molecule has 0 atom stereocenters. The zero-order chi connectivity index (χ0) is 19.1. The van der Waals surface area contributed by atoms with Gasteiger partial charge in [0, 0.05) is 26.6 Å². The fourth-order valence-electron chi connectivity index (χ4n) is 3.57. The Morgan fingerprint density at radius 1 is 1.41 bits per heavy atom. The molecule has 27 heavy (non-hydrogen) atoms. The Bertz CT molecular complexity index is 1100. The van der Waals surface area contributed by atoms with E-state index in [9.17, 15) is 9.59 Å². The second kappa shape index (κ2) is 6.81. The van der Waals surface area contributed by atoms with Gasteiger partial charge in [0.05, 0.1) is 17.4 Å². The van der Waals surface area contributed by atoms with Crippen molar-refractivity contribution in [1.82, 2.24) is 14.5 Å². The van der Waals surface area contributed by atoms with Crippen LogP contribution in [0.25, 0.3) is 10.2 Å². The first-order chi connectivity index (χ1) is 13.0. The quantitative estimate of drug-likeness (QED) is 0.695. The van der Waals surface area contributed by atoms with Crippen molar-refractivity contribution in [2.24, 2.45) is 0 Å². The van der Waals surface area contributed by atoms with E-state index in [4.69, 9.17) is 4.74 Å². The summed E-state index contributed by atoms with van der Waals surface area (Å²) in [7, 11) is 3.39. The summed E-state index contributed by atoms with van der Waals surface area (Å²) in [5.41, 5.74) is 1.70. The number of rotatable bonds is 4. The Morgan fingerprint density at radius 3 is 3.00 bits per heavy atom. The van der Waals surface area contributed by atoms with Gasteiger partial charge in [-0.2, -0.15) is 0 Å². The van der Waals surface area contributed by atoms with Crippen LogP contribution < -0.4 is 10.3 Å². The second-order valence-corrected chi connectivity index (χ2v) is 7.84. The first-order valence-electron chi connectivity index (χ1n) is 8.91. The molecule has 0 bridgehead atoms. The fraction of sp³-hybridized carbons (Fsp3) is 0.350. The van der Waals surface area contributed by atoms with Crippen LogP contribution in [0.4, 0.5) is 0 Å². The van der Waals surface area contributed by atoms with Crippen LogP contribution in [0.15, 0.2) is 29.1 Å². The lowest BCUT2D eigenvalue weighted by atomic mass is 10.1. The zero-order valence-corrected chi connectivity index (χ0v) is 16.4. The van der Waals surface area contributed by atoms with Gasteiger partial charge in [-0.25, -0.2) is 4.98 Å². The maximum atomic E-state index is 13.0. The largest absolute Gasteiger partial charge is 0.497 e. The molecule has 4 rings (SSSR count). The Balaban J connectivity index is 1.67. The molecule has 2 aromatic heterocycles. The Morgan fingerprint density at radius 2 is 2.22 bits per heavy atom. The fourth-order valence-corrected chi connectivity index (χ4v) is 4.75. The van der Waals surface area contributed by atoms with E-state index < -0.39 is 0 Å². The minimum Gasteiger partial charge on any atom is -0.497 e. The third-order valence-corrected chi connectivity index (χ3v) is 6.18. The lowest BCUT2D eigenvalue weighted by Crippen LogP contribution is -2.26. The summed E-state index contributed by atoms with van der Waals surface area (Å²) in [5, 5.41) is 0.587. The first-order valence-corrected chi connectivity index (χ1v) is 9.72. The number of benzene rings is 1. The van der Waals surface area contributed by atoms with Gasteiger partial charge in [0.25, 0.3) is 11.5 Å². The predicted molar refractivity (Wildman–Crippen MR) is 106 cm³/mol. The standard InChI is InChI=1S/C20H21N3O3S/c1-12-16-18(21-15-8-5-9-23(15)19(16)24)27-17(12)20(25)22(2)11-13-6-4-7-14(10-13)26-3/h4,6-7,10H,5,8-9,11H2,1-3H3. The molecule has 1 amide bonds. The van der Waals surface area contributed by atoms with Gasteiger partial charge in [-0.05, 0) is 36.6 Å². The average molecular weight is 383 g/mol. The summed E-state index contributed by atoms with van der Waals surface area (Å²) in [6, 6.07) is 7.66. The highest BCUT2D eigenvalue weighted by molar-refractivity contribution is 7.20. The number of aryl methyl sites for hydroxylation is 2. The summed E-state index contributed by atoms with van der Waals surface area (Å²) in [4.78, 5) is 33.4. The van der Waals surface area contributed by atoms with Gasteiger partial charge < -0.3 is 9.64 Å². The molecule has 6 nitrogen and oxygen atoms in total. The zero-order valence-electron chi connectivity index (χ0n) is 15.6. The third kappa shape index (κ3) is 3.02. The normalized spacial score (nSPS) is 13.0. The smallest absolute Gasteiger partial charge is 0.264 e. The van der Waals surface area contributed by atoms with Crippen LogP contribution in [0.1, 0.15) is 33.0 Å². The van der Waals surface area contributed by atoms with Gasteiger partial charge in [0.15, 0.2) is 0 Å². The van der Waals surface area contributed by atoms with Crippen molar-refractivity contribution in [3.8, 4) is 5.75 Å². The monoisotopic (exact) mass is 383 g/mol. The lowest BCUT2D eigenvalue weighted by molar-refractivity contribution is 0.0789. The summed E-state index contributed by atoms with van der Waals surface area (Å²) in [6.07, 6.45) is 1.77. The van der Waals surface area contributed by atoms with E-state index in [2.05, 4.69) is 4.98 Å². The molecule has 1 aliphatic rings. The number of carbonyl (C=O) groups excluding carboxylic acids is 1. The molecule has 3 aromatic rings. The Labute approximate surface area is 161 Å². The molecule has 3 heterocycles. The van der Waals surface area contributed by atoms with Gasteiger partial charge >= 0.3 is 0 Å². The van der Waals surface area contributed by atoms with Gasteiger partial charge in [-0.1, -0.05) is 12.1 Å². The molecule has 1 aromatic carbocycles. The van der Waals surface area contributed by atoms with Crippen LogP contribution in [-0.4, -0.2) is 34.5 Å². The number of thiophene rings is 1. The number of hydrogen-bond acceptors (Lipinski definition) is 5. The molecule has 0 spiro atoms. The Hall–Kier alpha value is -2.67. The minimum absolute atomic E-state index is 0.0178. The highest BCUT2D eigenvalue weighted by atomic mass is 32.1. The van der Waals surface area contributed by atoms with Crippen molar-refractivity contribution < 1.29 is 9.53 Å². The number of amides is 1. The van der Waals surface area contributed by atoms with Crippen molar-refractivity contribution in [3.63, 3.8) is 0 Å². The second-order valence-electron chi connectivity index (χ2n) is 6.84. The van der Waals surface area contributed by atoms with E-state index in [0.29, 0.717) is 28.2 Å². The van der Waals surface area contributed by atoms with E-state index in [1.807, 2.05) is 31.2 Å². The van der Waals surface area contributed by atoms with Gasteiger partial charge in [0.1, 0.15) is 16.4 Å². The van der Waals surface area contributed by atoms with Crippen molar-refractivity contribution >= 4 is 27.5 Å². The lowest BCUT2D eigenvalue weighted by Gasteiger charge is -2.17. The number of carbonyl (C=O) groups is 1. The maximum Gasteiger partial charge on any atom is 0.264 e. The van der Waals surface area contributed by atoms with E-state index in [-0.39, 0.29) is 11.5 Å². The van der Waals surface area contributed by atoms with E-state index >= 15 is 0 Å². The minimum atomic E-state index is -0.0946. The maximum absolute atomic E-state index is 13.0. The van der Waals surface area contributed by atoms with Crippen LogP contribution in [0.2, 0.25) is 0 Å². The third-order valence-electron chi connectivity index (χ3n) is 5.01. The molecule has 0 N–H and O–H groups in total. The molecule has 140 valence electrons. The molecule has 0 saturated heterocycles. The van der Waals surface area contributed by atoms with Crippen LogP contribution in [0.3, 0.4) is 0 Å². The number of fused-ring (bicyclic) bond motifs is 2. The average Bonchev–Trinajstić information content (AvgIpc) is 3.26. The molecular formula is C20H21N3O3S. The van der Waals surface area contributed by atoms with Crippen molar-refractivity contribution in [2.75, 3.05) is 14.2 Å². The van der Waals surface area contributed by atoms with Crippen LogP contribution in [-0.2, 0) is 19.5 Å². The molecule has 7 heteroatoms. The van der Waals surface area contributed by atoms with Crippen molar-refractivity contribution in [1.29, 1.82) is 0 Å². The molecule has 1 aliphatic heterocycles. The van der Waals surface area contributed by atoms with Gasteiger partial charge in [-0.3, -0.25) is 14.2 Å². The van der Waals surface area contributed by atoms with E-state index in [0.717, 1.165) is 35.5 Å². The van der Waals surface area contributed by atoms with Gasteiger partial charge in [-0.15, -0.1) is 11.3 Å². The van der Waals surface area contributed by atoms with Crippen molar-refractivity contribution in [2.45, 2.75) is 32.9 Å². The topological polar surface area (TPSA) is 64.4 Å². The Kier molecular flexibility index (Phi) is 4.47. The van der Waals surface area contributed by atoms with E-state index in [1.165, 1.54) is 11.3 Å².